The number of amides is 5. The minimum absolute atomic E-state index is 0.0226. The van der Waals surface area contributed by atoms with E-state index in [9.17, 15) is 24.3 Å². The SMILES string of the molecule is CC[C@H](C)CN(C(N)=O)C(=O)[C@@]1(NC(=O)C(NC(=O)O)[C@@H](C)CC)CCc2[nH]c3c(Cl)cc(Cl)cc3c2C1. The van der Waals surface area contributed by atoms with Gasteiger partial charge in [-0.15, -0.1) is 0 Å². The molecule has 1 aromatic carbocycles. The number of aromatic nitrogens is 1. The first kappa shape index (κ1) is 29.6. The Labute approximate surface area is 231 Å². The summed E-state index contributed by atoms with van der Waals surface area (Å²) >= 11 is 12.7. The van der Waals surface area contributed by atoms with Crippen LogP contribution in [0.2, 0.25) is 10.0 Å². The first-order valence-electron chi connectivity index (χ1n) is 12.7. The average molecular weight is 569 g/mol. The number of urea groups is 1. The third-order valence-electron chi connectivity index (χ3n) is 7.55. The molecular weight excluding hydrogens is 533 g/mol. The number of carbonyl (C=O) groups excluding carboxylic acids is 3. The van der Waals surface area contributed by atoms with E-state index in [-0.39, 0.29) is 31.2 Å². The van der Waals surface area contributed by atoms with Crippen LogP contribution in [0.3, 0.4) is 0 Å². The maximum Gasteiger partial charge on any atom is 0.405 e. The summed E-state index contributed by atoms with van der Waals surface area (Å²) in [6.45, 7) is 7.50. The summed E-state index contributed by atoms with van der Waals surface area (Å²) in [6.07, 6.45) is 0.429. The lowest BCUT2D eigenvalue weighted by molar-refractivity contribution is -0.141. The lowest BCUT2D eigenvalue weighted by atomic mass is 9.78. The highest BCUT2D eigenvalue weighted by Crippen LogP contribution is 2.39. The second-order valence-corrected chi connectivity index (χ2v) is 11.1. The minimum atomic E-state index is -1.55. The maximum atomic E-state index is 14.1. The lowest BCUT2D eigenvalue weighted by Gasteiger charge is -2.41. The highest BCUT2D eigenvalue weighted by Gasteiger charge is 2.48. The predicted octanol–water partition coefficient (Wildman–Crippen LogP) is 4.45. The van der Waals surface area contributed by atoms with Crippen LogP contribution < -0.4 is 16.4 Å². The van der Waals surface area contributed by atoms with E-state index in [1.165, 1.54) is 0 Å². The van der Waals surface area contributed by atoms with Gasteiger partial charge in [0.05, 0.1) is 10.5 Å². The molecule has 1 aliphatic rings. The van der Waals surface area contributed by atoms with Gasteiger partial charge < -0.3 is 26.5 Å². The molecule has 2 aromatic rings. The van der Waals surface area contributed by atoms with Crippen LogP contribution >= 0.6 is 23.2 Å². The molecule has 0 spiro atoms. The van der Waals surface area contributed by atoms with Gasteiger partial charge in [0.25, 0.3) is 5.91 Å². The van der Waals surface area contributed by atoms with Crippen LogP contribution in [0.15, 0.2) is 12.1 Å². The summed E-state index contributed by atoms with van der Waals surface area (Å²) in [5, 5.41) is 16.0. The molecule has 0 aliphatic heterocycles. The van der Waals surface area contributed by atoms with E-state index in [1.807, 2.05) is 20.8 Å². The minimum Gasteiger partial charge on any atom is -0.465 e. The number of H-pyrrole nitrogens is 1. The highest BCUT2D eigenvalue weighted by molar-refractivity contribution is 6.38. The fourth-order valence-corrected chi connectivity index (χ4v) is 5.48. The zero-order valence-electron chi connectivity index (χ0n) is 22.0. The van der Waals surface area contributed by atoms with E-state index in [0.29, 0.717) is 40.2 Å². The van der Waals surface area contributed by atoms with E-state index in [4.69, 9.17) is 28.9 Å². The number of halogens is 2. The fourth-order valence-electron chi connectivity index (χ4n) is 4.93. The number of nitrogens with zero attached hydrogens (tertiary/aromatic N) is 1. The Morgan fingerprint density at radius 3 is 2.45 bits per heavy atom. The molecule has 1 aromatic heterocycles. The van der Waals surface area contributed by atoms with Crippen molar-refractivity contribution >= 4 is 58.0 Å². The molecule has 0 bridgehead atoms. The number of imide groups is 1. The topological polar surface area (TPSA) is 158 Å². The number of nitrogens with one attached hydrogen (secondary N) is 3. The number of aryl methyl sites for hydroxylation is 1. The van der Waals surface area contributed by atoms with E-state index in [2.05, 4.69) is 15.6 Å². The van der Waals surface area contributed by atoms with Crippen LogP contribution in [0.1, 0.15) is 58.2 Å². The van der Waals surface area contributed by atoms with Crippen molar-refractivity contribution in [1.29, 1.82) is 0 Å². The number of benzene rings is 1. The monoisotopic (exact) mass is 567 g/mol. The van der Waals surface area contributed by atoms with Crippen molar-refractivity contribution in [3.05, 3.63) is 33.4 Å². The molecule has 4 atom stereocenters. The molecule has 0 saturated heterocycles. The third-order valence-corrected chi connectivity index (χ3v) is 8.07. The maximum absolute atomic E-state index is 14.1. The second kappa shape index (κ2) is 11.8. The van der Waals surface area contributed by atoms with Crippen molar-refractivity contribution in [2.24, 2.45) is 17.6 Å². The number of aromatic amines is 1. The van der Waals surface area contributed by atoms with Gasteiger partial charge in [0.1, 0.15) is 11.6 Å². The van der Waals surface area contributed by atoms with Crippen LogP contribution in [-0.4, -0.2) is 57.1 Å². The molecule has 0 saturated carbocycles. The van der Waals surface area contributed by atoms with Crippen molar-refractivity contribution in [2.45, 2.75) is 71.4 Å². The molecule has 38 heavy (non-hydrogen) atoms. The molecule has 1 aliphatic carbocycles. The number of carbonyl (C=O) groups is 4. The number of fused-ring (bicyclic) bond motifs is 3. The van der Waals surface area contributed by atoms with Gasteiger partial charge in [-0.3, -0.25) is 14.5 Å². The molecule has 10 nitrogen and oxygen atoms in total. The Hall–Kier alpha value is -2.98. The number of primary amides is 1. The van der Waals surface area contributed by atoms with Gasteiger partial charge in [-0.2, -0.15) is 0 Å². The number of hydrogen-bond acceptors (Lipinski definition) is 4. The summed E-state index contributed by atoms with van der Waals surface area (Å²) in [6, 6.07) is 1.33. The summed E-state index contributed by atoms with van der Waals surface area (Å²) in [7, 11) is 0. The Balaban J connectivity index is 2.12. The average Bonchev–Trinajstić information content (AvgIpc) is 3.22. The molecule has 6 N–H and O–H groups in total. The summed E-state index contributed by atoms with van der Waals surface area (Å²) < 4.78 is 0. The van der Waals surface area contributed by atoms with E-state index in [0.717, 1.165) is 16.2 Å². The number of carboxylic acid groups (broad SMARTS) is 1. The summed E-state index contributed by atoms with van der Waals surface area (Å²) in [5.74, 6) is -1.66. The zero-order valence-corrected chi connectivity index (χ0v) is 23.5. The largest absolute Gasteiger partial charge is 0.465 e. The summed E-state index contributed by atoms with van der Waals surface area (Å²) in [5.41, 5.74) is 6.35. The number of nitrogens with two attached hydrogens (primary N) is 1. The quantitative estimate of drug-likeness (QED) is 0.302. The van der Waals surface area contributed by atoms with Gasteiger partial charge in [0.15, 0.2) is 0 Å². The van der Waals surface area contributed by atoms with Crippen LogP contribution in [0, 0.1) is 11.8 Å². The van der Waals surface area contributed by atoms with Crippen molar-refractivity contribution in [2.75, 3.05) is 6.54 Å². The molecule has 0 radical (unpaired) electrons. The van der Waals surface area contributed by atoms with Crippen LogP contribution in [0.25, 0.3) is 10.9 Å². The van der Waals surface area contributed by atoms with Gasteiger partial charge >= 0.3 is 12.1 Å². The number of hydrogen-bond donors (Lipinski definition) is 5. The smallest absolute Gasteiger partial charge is 0.405 e. The fraction of sp³-hybridized carbons (Fsp3) is 0.538. The van der Waals surface area contributed by atoms with Crippen molar-refractivity contribution in [3.63, 3.8) is 0 Å². The molecule has 5 amide bonds. The molecule has 1 heterocycles. The van der Waals surface area contributed by atoms with Crippen LogP contribution in [0.5, 0.6) is 0 Å². The Morgan fingerprint density at radius 1 is 1.18 bits per heavy atom. The number of rotatable bonds is 9. The first-order valence-corrected chi connectivity index (χ1v) is 13.5. The van der Waals surface area contributed by atoms with Gasteiger partial charge in [-0.25, -0.2) is 9.59 Å². The normalized spacial score (nSPS) is 19.2. The summed E-state index contributed by atoms with van der Waals surface area (Å²) in [4.78, 5) is 56.0. The van der Waals surface area contributed by atoms with Crippen molar-refractivity contribution < 1.29 is 24.3 Å². The molecule has 1 unspecified atom stereocenters. The lowest BCUT2D eigenvalue weighted by Crippen LogP contribution is -2.66. The van der Waals surface area contributed by atoms with Gasteiger partial charge in [0.2, 0.25) is 5.91 Å². The van der Waals surface area contributed by atoms with E-state index >= 15 is 0 Å². The predicted molar refractivity (Wildman–Crippen MR) is 146 cm³/mol. The molecule has 0 fully saturated rings. The highest BCUT2D eigenvalue weighted by atomic mass is 35.5. The Kier molecular flexibility index (Phi) is 9.20. The van der Waals surface area contributed by atoms with Crippen LogP contribution in [-0.2, 0) is 22.4 Å². The van der Waals surface area contributed by atoms with Crippen LogP contribution in [0.4, 0.5) is 9.59 Å². The van der Waals surface area contributed by atoms with Crippen molar-refractivity contribution in [1.82, 2.24) is 20.5 Å². The van der Waals surface area contributed by atoms with Gasteiger partial charge in [-0.05, 0) is 42.4 Å². The molecule has 12 heteroatoms. The molecule has 208 valence electrons. The standard InChI is InChI=1S/C26H35Cl2N5O5/c1-5-13(3)12-33(24(29)36)23(35)26(32-22(34)20(14(4)6-2)31-25(37)38)8-7-19-17(11-26)16-9-15(27)10-18(28)21(16)30-19/h9-10,13-14,20,30-31H,5-8,11-12H2,1-4H3,(H2,29,36)(H,32,34)(H,37,38)/t13-,14-,20?,26+/m0/s1. The second-order valence-electron chi connectivity index (χ2n) is 10.2. The van der Waals surface area contributed by atoms with Gasteiger partial charge in [0, 0.05) is 29.1 Å². The van der Waals surface area contributed by atoms with Crippen molar-refractivity contribution in [3.8, 4) is 0 Å². The molecule has 3 rings (SSSR count). The Morgan fingerprint density at radius 2 is 1.87 bits per heavy atom. The zero-order chi connectivity index (χ0) is 28.4. The third kappa shape index (κ3) is 6.02. The first-order chi connectivity index (χ1) is 17.8. The molecular formula is C26H35Cl2N5O5. The van der Waals surface area contributed by atoms with Gasteiger partial charge in [-0.1, -0.05) is 63.7 Å². The van der Waals surface area contributed by atoms with E-state index in [1.54, 1.807) is 19.1 Å². The Bertz CT molecular complexity index is 1250. The van der Waals surface area contributed by atoms with E-state index < -0.39 is 35.5 Å².